The van der Waals surface area contributed by atoms with E-state index < -0.39 is 0 Å². The number of nitrogens with one attached hydrogen (secondary N) is 1. The predicted molar refractivity (Wildman–Crippen MR) is 79.0 cm³/mol. The Bertz CT molecular complexity index is 611. The summed E-state index contributed by atoms with van der Waals surface area (Å²) in [7, 11) is 0. The lowest BCUT2D eigenvalue weighted by Crippen LogP contribution is -2.11. The Morgan fingerprint density at radius 2 is 2.00 bits per heavy atom. The van der Waals surface area contributed by atoms with Crippen molar-refractivity contribution in [2.45, 2.75) is 11.8 Å². The first-order chi connectivity index (χ1) is 9.10. The number of benzene rings is 2. The summed E-state index contributed by atoms with van der Waals surface area (Å²) < 4.78 is 0. The van der Waals surface area contributed by atoms with Crippen LogP contribution in [0.1, 0.15) is 15.9 Å². The van der Waals surface area contributed by atoms with E-state index in [0.717, 1.165) is 10.6 Å². The summed E-state index contributed by atoms with van der Waals surface area (Å²) >= 11 is 1.63. The van der Waals surface area contributed by atoms with Gasteiger partial charge in [0.25, 0.3) is 5.91 Å². The molecule has 2 aromatic rings. The third-order valence-electron chi connectivity index (χ3n) is 2.79. The number of rotatable bonds is 3. The van der Waals surface area contributed by atoms with Gasteiger partial charge in [-0.05, 0) is 55.1 Å². The first-order valence-corrected chi connectivity index (χ1v) is 7.07. The number of aromatic hydroxyl groups is 1. The van der Waals surface area contributed by atoms with Crippen molar-refractivity contribution in [2.24, 2.45) is 0 Å². The van der Waals surface area contributed by atoms with Crippen molar-refractivity contribution in [2.75, 3.05) is 11.6 Å². The number of carbonyl (C=O) groups is 1. The lowest BCUT2D eigenvalue weighted by Gasteiger charge is -2.07. The first kappa shape index (κ1) is 13.5. The molecule has 0 aromatic heterocycles. The fourth-order valence-corrected chi connectivity index (χ4v) is 2.16. The molecule has 0 aliphatic carbocycles. The highest BCUT2D eigenvalue weighted by molar-refractivity contribution is 7.98. The van der Waals surface area contributed by atoms with Gasteiger partial charge >= 0.3 is 0 Å². The zero-order valence-corrected chi connectivity index (χ0v) is 11.6. The summed E-state index contributed by atoms with van der Waals surface area (Å²) in [5.41, 5.74) is 1.98. The Kier molecular flexibility index (Phi) is 4.12. The predicted octanol–water partition coefficient (Wildman–Crippen LogP) is 3.67. The van der Waals surface area contributed by atoms with Crippen LogP contribution in [0.5, 0.6) is 5.75 Å². The molecule has 0 spiro atoms. The molecule has 0 saturated heterocycles. The van der Waals surface area contributed by atoms with Gasteiger partial charge in [0.05, 0.1) is 0 Å². The van der Waals surface area contributed by atoms with Crippen molar-refractivity contribution in [1.82, 2.24) is 0 Å². The Hall–Kier alpha value is -1.94. The van der Waals surface area contributed by atoms with Crippen LogP contribution in [0, 0.1) is 6.92 Å². The van der Waals surface area contributed by atoms with Crippen LogP contribution in [-0.4, -0.2) is 17.3 Å². The molecule has 3 nitrogen and oxygen atoms in total. The van der Waals surface area contributed by atoms with Crippen LogP contribution in [0.4, 0.5) is 5.69 Å². The van der Waals surface area contributed by atoms with Crippen molar-refractivity contribution in [3.05, 3.63) is 53.6 Å². The van der Waals surface area contributed by atoms with Gasteiger partial charge < -0.3 is 10.4 Å². The highest BCUT2D eigenvalue weighted by Crippen LogP contribution is 2.21. The van der Waals surface area contributed by atoms with E-state index in [0.29, 0.717) is 11.1 Å². The van der Waals surface area contributed by atoms with E-state index in [9.17, 15) is 9.90 Å². The molecule has 1 amide bonds. The molecular formula is C15H15NO2S. The Balaban J connectivity index is 2.18. The molecule has 0 aliphatic rings. The fraction of sp³-hybridized carbons (Fsp3) is 0.133. The first-order valence-electron chi connectivity index (χ1n) is 5.85. The molecule has 2 aromatic carbocycles. The van der Waals surface area contributed by atoms with Crippen molar-refractivity contribution in [1.29, 1.82) is 0 Å². The van der Waals surface area contributed by atoms with Crippen LogP contribution in [0.3, 0.4) is 0 Å². The molecule has 0 saturated carbocycles. The van der Waals surface area contributed by atoms with Crippen LogP contribution in [0.15, 0.2) is 47.4 Å². The molecule has 4 heteroatoms. The SMILES string of the molecule is CSc1cccc(NC(=O)c2ccc(O)c(C)c2)c1. The molecule has 98 valence electrons. The number of aryl methyl sites for hydroxylation is 1. The molecule has 0 heterocycles. The molecule has 19 heavy (non-hydrogen) atoms. The summed E-state index contributed by atoms with van der Waals surface area (Å²) in [5, 5.41) is 12.3. The number of amides is 1. The normalized spacial score (nSPS) is 10.2. The summed E-state index contributed by atoms with van der Waals surface area (Å²) in [5.74, 6) is 0.0160. The van der Waals surface area contributed by atoms with Crippen molar-refractivity contribution in [3.63, 3.8) is 0 Å². The minimum absolute atomic E-state index is 0.179. The van der Waals surface area contributed by atoms with Crippen molar-refractivity contribution in [3.8, 4) is 5.75 Å². The monoisotopic (exact) mass is 273 g/mol. The number of thioether (sulfide) groups is 1. The number of phenolic OH excluding ortho intramolecular Hbond substituents is 1. The second-order valence-corrected chi connectivity index (χ2v) is 5.07. The third kappa shape index (κ3) is 3.29. The van der Waals surface area contributed by atoms with E-state index in [-0.39, 0.29) is 11.7 Å². The van der Waals surface area contributed by atoms with Gasteiger partial charge in [0.15, 0.2) is 0 Å². The molecule has 0 unspecified atom stereocenters. The summed E-state index contributed by atoms with van der Waals surface area (Å²) in [4.78, 5) is 13.2. The van der Waals surface area contributed by atoms with Crippen LogP contribution in [-0.2, 0) is 0 Å². The number of phenols is 1. The number of carbonyl (C=O) groups excluding carboxylic acids is 1. The second kappa shape index (κ2) is 5.80. The molecule has 0 atom stereocenters. The molecule has 0 radical (unpaired) electrons. The molecule has 0 bridgehead atoms. The second-order valence-electron chi connectivity index (χ2n) is 4.19. The molecular weight excluding hydrogens is 258 g/mol. The fourth-order valence-electron chi connectivity index (χ4n) is 1.70. The zero-order valence-electron chi connectivity index (χ0n) is 10.8. The zero-order chi connectivity index (χ0) is 13.8. The average molecular weight is 273 g/mol. The number of hydrogen-bond acceptors (Lipinski definition) is 3. The Labute approximate surface area is 116 Å². The topological polar surface area (TPSA) is 49.3 Å². The lowest BCUT2D eigenvalue weighted by atomic mass is 10.1. The van der Waals surface area contributed by atoms with Gasteiger partial charge in [-0.3, -0.25) is 4.79 Å². The van der Waals surface area contributed by atoms with Crippen LogP contribution < -0.4 is 5.32 Å². The highest BCUT2D eigenvalue weighted by atomic mass is 32.2. The standard InChI is InChI=1S/C15H15NO2S/c1-10-8-11(6-7-14(10)17)15(18)16-12-4-3-5-13(9-12)19-2/h3-9,17H,1-2H3,(H,16,18). The van der Waals surface area contributed by atoms with Gasteiger partial charge in [0, 0.05) is 16.1 Å². The van der Waals surface area contributed by atoms with Crippen LogP contribution in [0.2, 0.25) is 0 Å². The van der Waals surface area contributed by atoms with Gasteiger partial charge in [0.1, 0.15) is 5.75 Å². The Morgan fingerprint density at radius 1 is 1.21 bits per heavy atom. The molecule has 2 rings (SSSR count). The van der Waals surface area contributed by atoms with E-state index in [4.69, 9.17) is 0 Å². The van der Waals surface area contributed by atoms with E-state index in [1.807, 2.05) is 30.5 Å². The van der Waals surface area contributed by atoms with Gasteiger partial charge in [-0.1, -0.05) is 6.07 Å². The lowest BCUT2D eigenvalue weighted by molar-refractivity contribution is 0.102. The van der Waals surface area contributed by atoms with E-state index >= 15 is 0 Å². The average Bonchev–Trinajstić information content (AvgIpc) is 2.42. The van der Waals surface area contributed by atoms with Gasteiger partial charge in [-0.15, -0.1) is 11.8 Å². The molecule has 0 aliphatic heterocycles. The summed E-state index contributed by atoms with van der Waals surface area (Å²) in [6.45, 7) is 1.76. The van der Waals surface area contributed by atoms with Crippen molar-refractivity contribution >= 4 is 23.4 Å². The largest absolute Gasteiger partial charge is 0.508 e. The maximum atomic E-state index is 12.1. The maximum Gasteiger partial charge on any atom is 0.255 e. The maximum absolute atomic E-state index is 12.1. The van der Waals surface area contributed by atoms with E-state index in [1.54, 1.807) is 30.8 Å². The van der Waals surface area contributed by atoms with Crippen LogP contribution >= 0.6 is 11.8 Å². The van der Waals surface area contributed by atoms with Gasteiger partial charge in [-0.2, -0.15) is 0 Å². The Morgan fingerprint density at radius 3 is 2.68 bits per heavy atom. The summed E-state index contributed by atoms with van der Waals surface area (Å²) in [6, 6.07) is 12.5. The number of anilines is 1. The third-order valence-corrected chi connectivity index (χ3v) is 3.51. The minimum atomic E-state index is -0.179. The highest BCUT2D eigenvalue weighted by Gasteiger charge is 2.08. The summed E-state index contributed by atoms with van der Waals surface area (Å²) in [6.07, 6.45) is 1.99. The molecule has 2 N–H and O–H groups in total. The van der Waals surface area contributed by atoms with Crippen LogP contribution in [0.25, 0.3) is 0 Å². The van der Waals surface area contributed by atoms with Gasteiger partial charge in [0.2, 0.25) is 0 Å². The smallest absolute Gasteiger partial charge is 0.255 e. The number of hydrogen-bond donors (Lipinski definition) is 2. The quantitative estimate of drug-likeness (QED) is 0.839. The van der Waals surface area contributed by atoms with E-state index in [1.165, 1.54) is 6.07 Å². The van der Waals surface area contributed by atoms with E-state index in [2.05, 4.69) is 5.32 Å². The van der Waals surface area contributed by atoms with Gasteiger partial charge in [-0.25, -0.2) is 0 Å². The molecule has 0 fully saturated rings. The van der Waals surface area contributed by atoms with Crippen molar-refractivity contribution < 1.29 is 9.90 Å². The minimum Gasteiger partial charge on any atom is -0.508 e.